The van der Waals surface area contributed by atoms with Crippen molar-refractivity contribution in [2.75, 3.05) is 0 Å². The SMILES string of the molecule is Cc1cccc(-c2nnn(Cc3nc4ccccc4c(=O)[nH]3)n2)c1. The molecule has 0 spiro atoms. The number of fused-ring (bicyclic) bond motifs is 1. The molecular weight excluding hydrogens is 304 g/mol. The summed E-state index contributed by atoms with van der Waals surface area (Å²) in [5, 5.41) is 13.0. The van der Waals surface area contributed by atoms with Gasteiger partial charge in [0.1, 0.15) is 12.4 Å². The van der Waals surface area contributed by atoms with Gasteiger partial charge in [-0.3, -0.25) is 4.79 Å². The average Bonchev–Trinajstić information content (AvgIpc) is 3.03. The fourth-order valence-corrected chi connectivity index (χ4v) is 2.55. The Hall–Kier alpha value is -3.35. The summed E-state index contributed by atoms with van der Waals surface area (Å²) in [4.78, 5) is 20.7. The van der Waals surface area contributed by atoms with Crippen LogP contribution in [0.3, 0.4) is 0 Å². The van der Waals surface area contributed by atoms with E-state index in [1.807, 2.05) is 43.3 Å². The molecule has 0 radical (unpaired) electrons. The Morgan fingerprint density at radius 2 is 2.00 bits per heavy atom. The summed E-state index contributed by atoms with van der Waals surface area (Å²) in [6.45, 7) is 2.26. The van der Waals surface area contributed by atoms with Gasteiger partial charge in [0.05, 0.1) is 10.9 Å². The molecule has 7 nitrogen and oxygen atoms in total. The molecule has 24 heavy (non-hydrogen) atoms. The first-order chi connectivity index (χ1) is 11.7. The second kappa shape index (κ2) is 5.69. The van der Waals surface area contributed by atoms with Gasteiger partial charge in [-0.05, 0) is 30.3 Å². The van der Waals surface area contributed by atoms with Crippen LogP contribution in [0.15, 0.2) is 53.3 Å². The molecule has 0 aliphatic carbocycles. The molecule has 7 heteroatoms. The molecule has 0 amide bonds. The molecule has 0 atom stereocenters. The number of aromatic amines is 1. The summed E-state index contributed by atoms with van der Waals surface area (Å²) in [5.41, 5.74) is 2.51. The van der Waals surface area contributed by atoms with Crippen LogP contribution in [0.2, 0.25) is 0 Å². The van der Waals surface area contributed by atoms with E-state index in [2.05, 4.69) is 25.4 Å². The van der Waals surface area contributed by atoms with Crippen LogP contribution in [0.25, 0.3) is 22.3 Å². The molecule has 4 rings (SSSR count). The van der Waals surface area contributed by atoms with Gasteiger partial charge < -0.3 is 4.98 Å². The fourth-order valence-electron chi connectivity index (χ4n) is 2.55. The van der Waals surface area contributed by atoms with Gasteiger partial charge in [-0.2, -0.15) is 4.80 Å². The highest BCUT2D eigenvalue weighted by atomic mass is 16.1. The van der Waals surface area contributed by atoms with E-state index < -0.39 is 0 Å². The van der Waals surface area contributed by atoms with Gasteiger partial charge in [0.2, 0.25) is 5.82 Å². The molecule has 118 valence electrons. The predicted molar refractivity (Wildman–Crippen MR) is 89.5 cm³/mol. The maximum atomic E-state index is 12.1. The van der Waals surface area contributed by atoms with Crippen LogP contribution in [-0.4, -0.2) is 30.2 Å². The van der Waals surface area contributed by atoms with Gasteiger partial charge in [-0.1, -0.05) is 35.9 Å². The molecule has 0 aliphatic heterocycles. The lowest BCUT2D eigenvalue weighted by molar-refractivity contribution is 0.555. The number of H-pyrrole nitrogens is 1. The zero-order chi connectivity index (χ0) is 16.5. The number of aromatic nitrogens is 6. The average molecular weight is 318 g/mol. The van der Waals surface area contributed by atoms with E-state index in [9.17, 15) is 4.79 Å². The van der Waals surface area contributed by atoms with E-state index in [4.69, 9.17) is 0 Å². The smallest absolute Gasteiger partial charge is 0.258 e. The van der Waals surface area contributed by atoms with E-state index in [-0.39, 0.29) is 12.1 Å². The summed E-state index contributed by atoms with van der Waals surface area (Å²) in [6, 6.07) is 15.1. The molecular formula is C17H14N6O. The van der Waals surface area contributed by atoms with Crippen LogP contribution in [0.5, 0.6) is 0 Å². The number of aryl methyl sites for hydroxylation is 1. The number of rotatable bonds is 3. The summed E-state index contributed by atoms with van der Waals surface area (Å²) in [7, 11) is 0. The number of hydrogen-bond acceptors (Lipinski definition) is 5. The summed E-state index contributed by atoms with van der Waals surface area (Å²) in [5.74, 6) is 1.04. The Morgan fingerprint density at radius 1 is 1.12 bits per heavy atom. The van der Waals surface area contributed by atoms with Crippen LogP contribution >= 0.6 is 0 Å². The maximum Gasteiger partial charge on any atom is 0.258 e. The van der Waals surface area contributed by atoms with Crippen molar-refractivity contribution in [1.82, 2.24) is 30.2 Å². The minimum Gasteiger partial charge on any atom is -0.308 e. The van der Waals surface area contributed by atoms with Crippen molar-refractivity contribution < 1.29 is 0 Å². The number of para-hydroxylation sites is 1. The lowest BCUT2D eigenvalue weighted by Crippen LogP contribution is -2.15. The van der Waals surface area contributed by atoms with Gasteiger partial charge in [0, 0.05) is 5.56 Å². The van der Waals surface area contributed by atoms with Gasteiger partial charge in [0.25, 0.3) is 5.56 Å². The molecule has 4 aromatic rings. The molecule has 2 aromatic carbocycles. The Morgan fingerprint density at radius 3 is 2.88 bits per heavy atom. The second-order valence-corrected chi connectivity index (χ2v) is 5.54. The normalized spacial score (nSPS) is 11.0. The van der Waals surface area contributed by atoms with Crippen LogP contribution in [0.1, 0.15) is 11.4 Å². The van der Waals surface area contributed by atoms with Crippen molar-refractivity contribution in [3.8, 4) is 11.4 Å². The van der Waals surface area contributed by atoms with Crippen molar-refractivity contribution in [1.29, 1.82) is 0 Å². The minimum atomic E-state index is -0.172. The zero-order valence-electron chi connectivity index (χ0n) is 13.0. The monoisotopic (exact) mass is 318 g/mol. The van der Waals surface area contributed by atoms with E-state index in [1.54, 1.807) is 12.1 Å². The van der Waals surface area contributed by atoms with E-state index >= 15 is 0 Å². The van der Waals surface area contributed by atoms with Crippen molar-refractivity contribution in [2.24, 2.45) is 0 Å². The van der Waals surface area contributed by atoms with Gasteiger partial charge in [-0.15, -0.1) is 10.2 Å². The molecule has 0 unspecified atom stereocenters. The lowest BCUT2D eigenvalue weighted by Gasteiger charge is -2.01. The number of benzene rings is 2. The molecule has 0 aliphatic rings. The highest BCUT2D eigenvalue weighted by Gasteiger charge is 2.09. The van der Waals surface area contributed by atoms with Gasteiger partial charge in [0.15, 0.2) is 0 Å². The third-order valence-corrected chi connectivity index (χ3v) is 3.68. The third kappa shape index (κ3) is 2.67. The van der Waals surface area contributed by atoms with Gasteiger partial charge in [-0.25, -0.2) is 4.98 Å². The van der Waals surface area contributed by atoms with E-state index in [0.29, 0.717) is 22.6 Å². The van der Waals surface area contributed by atoms with Crippen molar-refractivity contribution in [3.63, 3.8) is 0 Å². The fraction of sp³-hybridized carbons (Fsp3) is 0.118. The van der Waals surface area contributed by atoms with Crippen molar-refractivity contribution in [2.45, 2.75) is 13.5 Å². The maximum absolute atomic E-state index is 12.1. The van der Waals surface area contributed by atoms with Crippen LogP contribution in [-0.2, 0) is 6.54 Å². The summed E-state index contributed by atoms with van der Waals surface area (Å²) >= 11 is 0. The predicted octanol–water partition coefficient (Wildman–Crippen LogP) is 1.93. The number of nitrogens with zero attached hydrogens (tertiary/aromatic N) is 5. The molecule has 0 fully saturated rings. The third-order valence-electron chi connectivity index (χ3n) is 3.68. The largest absolute Gasteiger partial charge is 0.308 e. The Labute approximate surface area is 137 Å². The zero-order valence-corrected chi connectivity index (χ0v) is 13.0. The first-order valence-corrected chi connectivity index (χ1v) is 7.52. The summed E-state index contributed by atoms with van der Waals surface area (Å²) in [6.07, 6.45) is 0. The summed E-state index contributed by atoms with van der Waals surface area (Å²) < 4.78 is 0. The molecule has 0 saturated carbocycles. The van der Waals surface area contributed by atoms with Crippen LogP contribution in [0.4, 0.5) is 0 Å². The molecule has 0 saturated heterocycles. The van der Waals surface area contributed by atoms with E-state index in [1.165, 1.54) is 4.80 Å². The van der Waals surface area contributed by atoms with Gasteiger partial charge >= 0.3 is 0 Å². The standard InChI is InChI=1S/C17H14N6O/c1-11-5-4-6-12(9-11)16-20-22-23(21-16)10-15-18-14-8-3-2-7-13(14)17(24)19-15/h2-9H,10H2,1H3,(H,18,19,24). The first-order valence-electron chi connectivity index (χ1n) is 7.52. The first kappa shape index (κ1) is 14.3. The van der Waals surface area contributed by atoms with Crippen molar-refractivity contribution in [3.05, 3.63) is 70.3 Å². The van der Waals surface area contributed by atoms with Crippen LogP contribution in [0, 0.1) is 6.92 Å². The molecule has 1 N–H and O–H groups in total. The van der Waals surface area contributed by atoms with Crippen molar-refractivity contribution >= 4 is 10.9 Å². The molecule has 2 aromatic heterocycles. The number of hydrogen-bond donors (Lipinski definition) is 1. The lowest BCUT2D eigenvalue weighted by atomic mass is 10.1. The number of nitrogens with one attached hydrogen (secondary N) is 1. The highest BCUT2D eigenvalue weighted by molar-refractivity contribution is 5.77. The highest BCUT2D eigenvalue weighted by Crippen LogP contribution is 2.15. The minimum absolute atomic E-state index is 0.172. The van der Waals surface area contributed by atoms with E-state index in [0.717, 1.165) is 11.1 Å². The quantitative estimate of drug-likeness (QED) is 0.623. The Balaban J connectivity index is 1.66. The molecule has 2 heterocycles. The number of tetrazole rings is 1. The Bertz CT molecular complexity index is 1080. The second-order valence-electron chi connectivity index (χ2n) is 5.54. The molecule has 0 bridgehead atoms. The Kier molecular flexibility index (Phi) is 3.38. The topological polar surface area (TPSA) is 89.4 Å². The van der Waals surface area contributed by atoms with Crippen LogP contribution < -0.4 is 5.56 Å².